The average molecular weight is 352 g/mol. The van der Waals surface area contributed by atoms with Crippen molar-refractivity contribution in [1.82, 2.24) is 20.6 Å². The SMILES string of the molecule is CCCC(Cc1cc2cc(-c3ccncc3)ncc2o1)NC(=O)NC=O. The summed E-state index contributed by atoms with van der Waals surface area (Å²) in [6.45, 7) is 2.04. The van der Waals surface area contributed by atoms with Gasteiger partial charge in [-0.1, -0.05) is 13.3 Å². The van der Waals surface area contributed by atoms with E-state index in [4.69, 9.17) is 4.42 Å². The van der Waals surface area contributed by atoms with E-state index in [0.29, 0.717) is 18.4 Å². The van der Waals surface area contributed by atoms with E-state index in [2.05, 4.69) is 20.6 Å². The van der Waals surface area contributed by atoms with Crippen LogP contribution in [0.3, 0.4) is 0 Å². The molecule has 0 aromatic carbocycles. The molecular formula is C19H20N4O3. The Morgan fingerprint density at radius 3 is 2.85 bits per heavy atom. The first kappa shape index (κ1) is 17.6. The number of fused-ring (bicyclic) bond motifs is 1. The Hall–Kier alpha value is -3.22. The summed E-state index contributed by atoms with van der Waals surface area (Å²) in [5.74, 6) is 0.763. The van der Waals surface area contributed by atoms with Gasteiger partial charge in [0.1, 0.15) is 5.76 Å². The van der Waals surface area contributed by atoms with E-state index < -0.39 is 6.03 Å². The third kappa shape index (κ3) is 4.24. The third-order valence-electron chi connectivity index (χ3n) is 4.04. The molecule has 0 saturated heterocycles. The summed E-state index contributed by atoms with van der Waals surface area (Å²) in [7, 11) is 0. The molecule has 3 amide bonds. The molecule has 2 N–H and O–H groups in total. The average Bonchev–Trinajstić information content (AvgIpc) is 3.04. The number of furan rings is 1. The van der Waals surface area contributed by atoms with Crippen LogP contribution in [0.4, 0.5) is 4.79 Å². The van der Waals surface area contributed by atoms with Gasteiger partial charge in [-0.3, -0.25) is 20.1 Å². The monoisotopic (exact) mass is 352 g/mol. The Bertz CT molecular complexity index is 892. The van der Waals surface area contributed by atoms with Gasteiger partial charge in [-0.2, -0.15) is 0 Å². The third-order valence-corrected chi connectivity index (χ3v) is 4.04. The first-order valence-electron chi connectivity index (χ1n) is 8.49. The number of imide groups is 1. The first-order chi connectivity index (χ1) is 12.7. The van der Waals surface area contributed by atoms with Gasteiger partial charge in [-0.25, -0.2) is 4.79 Å². The Kier molecular flexibility index (Phi) is 5.58. The second-order valence-electron chi connectivity index (χ2n) is 5.98. The fraction of sp³-hybridized carbons (Fsp3) is 0.263. The van der Waals surface area contributed by atoms with Gasteiger partial charge < -0.3 is 9.73 Å². The van der Waals surface area contributed by atoms with Crippen LogP contribution in [-0.2, 0) is 11.2 Å². The summed E-state index contributed by atoms with van der Waals surface area (Å²) in [5, 5.41) is 5.83. The second-order valence-corrected chi connectivity index (χ2v) is 5.98. The fourth-order valence-electron chi connectivity index (χ4n) is 2.88. The number of nitrogens with one attached hydrogen (secondary N) is 2. The quantitative estimate of drug-likeness (QED) is 0.637. The van der Waals surface area contributed by atoms with Gasteiger partial charge in [0.15, 0.2) is 5.58 Å². The van der Waals surface area contributed by atoms with Gasteiger partial charge in [0, 0.05) is 35.8 Å². The molecule has 3 heterocycles. The fourth-order valence-corrected chi connectivity index (χ4v) is 2.88. The lowest BCUT2D eigenvalue weighted by molar-refractivity contribution is -0.108. The lowest BCUT2D eigenvalue weighted by atomic mass is 10.1. The van der Waals surface area contributed by atoms with Crippen molar-refractivity contribution in [3.63, 3.8) is 0 Å². The molecule has 1 unspecified atom stereocenters. The number of urea groups is 1. The molecule has 0 fully saturated rings. The summed E-state index contributed by atoms with van der Waals surface area (Å²) in [6, 6.07) is 7.12. The van der Waals surface area contributed by atoms with Crippen molar-refractivity contribution in [1.29, 1.82) is 0 Å². The molecule has 134 valence electrons. The van der Waals surface area contributed by atoms with Crippen molar-refractivity contribution in [3.05, 3.63) is 48.6 Å². The largest absolute Gasteiger partial charge is 0.459 e. The zero-order valence-corrected chi connectivity index (χ0v) is 14.4. The van der Waals surface area contributed by atoms with E-state index in [1.165, 1.54) is 0 Å². The van der Waals surface area contributed by atoms with Crippen molar-refractivity contribution >= 4 is 23.4 Å². The highest BCUT2D eigenvalue weighted by atomic mass is 16.3. The molecule has 0 bridgehead atoms. The molecule has 3 rings (SSSR count). The summed E-state index contributed by atoms with van der Waals surface area (Å²) >= 11 is 0. The summed E-state index contributed by atoms with van der Waals surface area (Å²) in [4.78, 5) is 30.4. The van der Waals surface area contributed by atoms with Crippen LogP contribution in [0.2, 0.25) is 0 Å². The number of amides is 3. The molecule has 1 atom stereocenters. The Morgan fingerprint density at radius 2 is 2.12 bits per heavy atom. The predicted molar refractivity (Wildman–Crippen MR) is 97.4 cm³/mol. The normalized spacial score (nSPS) is 11.9. The predicted octanol–water partition coefficient (Wildman–Crippen LogP) is 3.06. The standard InChI is InChI=1S/C19H20N4O3/c1-2-3-15(23-19(25)22-12-24)10-16-8-14-9-17(21-11-18(14)26-16)13-4-6-20-7-5-13/h4-9,11-12,15H,2-3,10H2,1H3,(H2,22,23,24,25). The number of nitrogens with zero attached hydrogens (tertiary/aromatic N) is 2. The smallest absolute Gasteiger partial charge is 0.321 e. The minimum atomic E-state index is -0.504. The van der Waals surface area contributed by atoms with Crippen LogP contribution in [0.5, 0.6) is 0 Å². The Morgan fingerprint density at radius 1 is 1.31 bits per heavy atom. The summed E-state index contributed by atoms with van der Waals surface area (Å²) in [6.07, 6.45) is 7.76. The van der Waals surface area contributed by atoms with E-state index in [9.17, 15) is 9.59 Å². The van der Waals surface area contributed by atoms with Crippen molar-refractivity contribution < 1.29 is 14.0 Å². The number of hydrogen-bond donors (Lipinski definition) is 2. The van der Waals surface area contributed by atoms with Gasteiger partial charge in [-0.15, -0.1) is 0 Å². The maximum Gasteiger partial charge on any atom is 0.321 e. The molecule has 0 saturated carbocycles. The molecule has 7 nitrogen and oxygen atoms in total. The molecule has 0 aliphatic heterocycles. The second kappa shape index (κ2) is 8.24. The number of hydrogen-bond acceptors (Lipinski definition) is 5. The van der Waals surface area contributed by atoms with Gasteiger partial charge >= 0.3 is 6.03 Å². The molecule has 3 aromatic heterocycles. The minimum Gasteiger partial charge on any atom is -0.459 e. The molecule has 0 radical (unpaired) electrons. The molecular weight excluding hydrogens is 332 g/mol. The number of aromatic nitrogens is 2. The van der Waals surface area contributed by atoms with Crippen molar-refractivity contribution in [2.45, 2.75) is 32.2 Å². The van der Waals surface area contributed by atoms with Crippen LogP contribution in [0.1, 0.15) is 25.5 Å². The number of rotatable bonds is 7. The first-order valence-corrected chi connectivity index (χ1v) is 8.49. The van der Waals surface area contributed by atoms with Crippen molar-refractivity contribution in [2.75, 3.05) is 0 Å². The van der Waals surface area contributed by atoms with Crippen molar-refractivity contribution in [3.8, 4) is 11.3 Å². The van der Waals surface area contributed by atoms with Crippen LogP contribution < -0.4 is 10.6 Å². The molecule has 7 heteroatoms. The van der Waals surface area contributed by atoms with Crippen molar-refractivity contribution in [2.24, 2.45) is 0 Å². The molecule has 0 aliphatic carbocycles. The van der Waals surface area contributed by atoms with Crippen LogP contribution in [0.25, 0.3) is 22.2 Å². The summed E-state index contributed by atoms with van der Waals surface area (Å²) < 4.78 is 5.86. The Labute approximate surface area is 150 Å². The van der Waals surface area contributed by atoms with Crippen LogP contribution in [0, 0.1) is 0 Å². The van der Waals surface area contributed by atoms with Gasteiger partial charge in [-0.05, 0) is 30.7 Å². The van der Waals surface area contributed by atoms with Gasteiger partial charge in [0.05, 0.1) is 11.9 Å². The maximum atomic E-state index is 11.6. The molecule has 0 aliphatic rings. The van der Waals surface area contributed by atoms with Gasteiger partial charge in [0.2, 0.25) is 6.41 Å². The van der Waals surface area contributed by atoms with E-state index in [1.807, 2.05) is 31.2 Å². The maximum absolute atomic E-state index is 11.6. The highest BCUT2D eigenvalue weighted by Gasteiger charge is 2.15. The van der Waals surface area contributed by atoms with E-state index in [0.717, 1.165) is 35.2 Å². The topological polar surface area (TPSA) is 97.1 Å². The Balaban J connectivity index is 1.79. The zero-order valence-electron chi connectivity index (χ0n) is 14.4. The lowest BCUT2D eigenvalue weighted by Crippen LogP contribution is -2.42. The zero-order chi connectivity index (χ0) is 18.4. The minimum absolute atomic E-state index is 0.117. The number of carbonyl (C=O) groups is 2. The molecule has 0 spiro atoms. The van der Waals surface area contributed by atoms with Crippen LogP contribution in [0.15, 0.2) is 47.3 Å². The van der Waals surface area contributed by atoms with E-state index in [-0.39, 0.29) is 6.04 Å². The van der Waals surface area contributed by atoms with Gasteiger partial charge in [0.25, 0.3) is 0 Å². The lowest BCUT2D eigenvalue weighted by Gasteiger charge is -2.16. The van der Waals surface area contributed by atoms with Crippen LogP contribution >= 0.6 is 0 Å². The van der Waals surface area contributed by atoms with E-state index >= 15 is 0 Å². The van der Waals surface area contributed by atoms with Crippen LogP contribution in [-0.4, -0.2) is 28.5 Å². The highest BCUT2D eigenvalue weighted by Crippen LogP contribution is 2.25. The van der Waals surface area contributed by atoms with E-state index in [1.54, 1.807) is 18.6 Å². The molecule has 3 aromatic rings. The number of carbonyl (C=O) groups excluding carboxylic acids is 2. The number of pyridine rings is 2. The summed E-state index contributed by atoms with van der Waals surface area (Å²) in [5.41, 5.74) is 2.53. The molecule has 26 heavy (non-hydrogen) atoms. The highest BCUT2D eigenvalue weighted by molar-refractivity contribution is 5.84.